The Bertz CT molecular complexity index is 550. The van der Waals surface area contributed by atoms with Crippen LogP contribution in [-0.4, -0.2) is 43.4 Å². The van der Waals surface area contributed by atoms with E-state index >= 15 is 0 Å². The van der Waals surface area contributed by atoms with Crippen LogP contribution < -0.4 is 0 Å². The molecule has 1 heterocycles. The topological polar surface area (TPSA) is 46.6 Å². The Hall–Kier alpha value is 0.0500. The summed E-state index contributed by atoms with van der Waals surface area (Å²) in [5, 5.41) is 0.624. The second kappa shape index (κ2) is 6.22. The van der Waals surface area contributed by atoms with Crippen molar-refractivity contribution in [1.82, 2.24) is 4.31 Å². The fraction of sp³-hybridized carbons (Fsp3) is 0.500. The van der Waals surface area contributed by atoms with Crippen molar-refractivity contribution in [3.05, 3.63) is 28.7 Å². The Labute approximate surface area is 130 Å². The van der Waals surface area contributed by atoms with Crippen LogP contribution in [0.3, 0.4) is 0 Å². The van der Waals surface area contributed by atoms with E-state index < -0.39 is 10.0 Å². The standard InChI is InChI=1S/C12H15Br2NO3S/c1-9-7-15(8-10(6-13)18-9)19(16,17)12-5-3-2-4-11(12)14/h2-5,9-10H,6-8H2,1H3. The van der Waals surface area contributed by atoms with Gasteiger partial charge in [-0.3, -0.25) is 0 Å². The molecule has 4 nitrogen and oxygen atoms in total. The van der Waals surface area contributed by atoms with Crippen molar-refractivity contribution >= 4 is 41.9 Å². The van der Waals surface area contributed by atoms with Crippen LogP contribution in [0.1, 0.15) is 6.92 Å². The number of hydrogen-bond donors (Lipinski definition) is 0. The number of alkyl halides is 1. The van der Waals surface area contributed by atoms with E-state index in [0.29, 0.717) is 27.8 Å². The molecule has 1 aromatic carbocycles. The minimum Gasteiger partial charge on any atom is -0.372 e. The molecule has 106 valence electrons. The van der Waals surface area contributed by atoms with Crippen LogP contribution in [0.4, 0.5) is 0 Å². The van der Waals surface area contributed by atoms with Crippen LogP contribution in [0.2, 0.25) is 0 Å². The molecule has 1 fully saturated rings. The van der Waals surface area contributed by atoms with Crippen molar-refractivity contribution in [2.45, 2.75) is 24.0 Å². The van der Waals surface area contributed by atoms with Gasteiger partial charge in [0.1, 0.15) is 0 Å². The molecule has 2 atom stereocenters. The maximum absolute atomic E-state index is 12.6. The molecule has 0 amide bonds. The lowest BCUT2D eigenvalue weighted by Crippen LogP contribution is -2.49. The molecular formula is C12H15Br2NO3S. The first-order valence-corrected chi connectivity index (χ1v) is 9.26. The van der Waals surface area contributed by atoms with Gasteiger partial charge in [0.25, 0.3) is 0 Å². The highest BCUT2D eigenvalue weighted by atomic mass is 79.9. The van der Waals surface area contributed by atoms with E-state index in [1.165, 1.54) is 4.31 Å². The fourth-order valence-electron chi connectivity index (χ4n) is 2.08. The van der Waals surface area contributed by atoms with Crippen LogP contribution >= 0.6 is 31.9 Å². The molecule has 1 aliphatic rings. The third-order valence-corrected chi connectivity index (χ3v) is 6.49. The maximum atomic E-state index is 12.6. The number of ether oxygens (including phenoxy) is 1. The molecule has 19 heavy (non-hydrogen) atoms. The number of halogens is 2. The normalized spacial score (nSPS) is 25.4. The van der Waals surface area contributed by atoms with E-state index in [1.54, 1.807) is 24.3 Å². The van der Waals surface area contributed by atoms with Gasteiger partial charge in [-0.15, -0.1) is 0 Å². The summed E-state index contributed by atoms with van der Waals surface area (Å²) < 4.78 is 33.0. The zero-order valence-corrected chi connectivity index (χ0v) is 14.4. The van der Waals surface area contributed by atoms with Crippen molar-refractivity contribution < 1.29 is 13.2 Å². The molecule has 0 aliphatic carbocycles. The molecular weight excluding hydrogens is 398 g/mol. The van der Waals surface area contributed by atoms with Crippen LogP contribution in [0.5, 0.6) is 0 Å². The smallest absolute Gasteiger partial charge is 0.244 e. The lowest BCUT2D eigenvalue weighted by molar-refractivity contribution is -0.0411. The molecule has 0 radical (unpaired) electrons. The molecule has 0 bridgehead atoms. The van der Waals surface area contributed by atoms with Gasteiger partial charge in [-0.25, -0.2) is 8.42 Å². The molecule has 1 aliphatic heterocycles. The number of rotatable bonds is 3. The van der Waals surface area contributed by atoms with Gasteiger partial charge in [-0.1, -0.05) is 28.1 Å². The molecule has 0 aromatic heterocycles. The van der Waals surface area contributed by atoms with Gasteiger partial charge in [0.05, 0.1) is 17.1 Å². The third-order valence-electron chi connectivity index (χ3n) is 2.92. The first-order chi connectivity index (χ1) is 8.95. The zero-order chi connectivity index (χ0) is 14.0. The summed E-state index contributed by atoms with van der Waals surface area (Å²) in [5.74, 6) is 0. The summed E-state index contributed by atoms with van der Waals surface area (Å²) in [6.07, 6.45) is -0.213. The highest BCUT2D eigenvalue weighted by Gasteiger charge is 2.34. The highest BCUT2D eigenvalue weighted by molar-refractivity contribution is 9.10. The highest BCUT2D eigenvalue weighted by Crippen LogP contribution is 2.27. The lowest BCUT2D eigenvalue weighted by atomic mass is 10.3. The summed E-state index contributed by atoms with van der Waals surface area (Å²) in [4.78, 5) is 0.303. The van der Waals surface area contributed by atoms with Crippen LogP contribution in [0.25, 0.3) is 0 Å². The molecule has 1 saturated heterocycles. The quantitative estimate of drug-likeness (QED) is 0.717. The van der Waals surface area contributed by atoms with E-state index in [2.05, 4.69) is 31.9 Å². The number of hydrogen-bond acceptors (Lipinski definition) is 3. The van der Waals surface area contributed by atoms with Gasteiger partial charge < -0.3 is 4.74 Å². The van der Waals surface area contributed by atoms with E-state index in [4.69, 9.17) is 4.74 Å². The van der Waals surface area contributed by atoms with Crippen molar-refractivity contribution in [3.8, 4) is 0 Å². The minimum atomic E-state index is -3.48. The van der Waals surface area contributed by atoms with E-state index in [9.17, 15) is 8.42 Å². The fourth-order valence-corrected chi connectivity index (χ4v) is 4.95. The van der Waals surface area contributed by atoms with Gasteiger partial charge in [-0.05, 0) is 35.0 Å². The number of benzene rings is 1. The van der Waals surface area contributed by atoms with Gasteiger partial charge in [0.15, 0.2) is 0 Å². The second-order valence-electron chi connectivity index (χ2n) is 4.48. The molecule has 0 saturated carbocycles. The molecule has 2 rings (SSSR count). The van der Waals surface area contributed by atoms with Gasteiger partial charge in [0, 0.05) is 22.9 Å². The largest absolute Gasteiger partial charge is 0.372 e. The predicted octanol–water partition coefficient (Wildman–Crippen LogP) is 2.62. The zero-order valence-electron chi connectivity index (χ0n) is 10.4. The number of morpholine rings is 1. The average molecular weight is 413 g/mol. The minimum absolute atomic E-state index is 0.103. The summed E-state index contributed by atoms with van der Waals surface area (Å²) in [5.41, 5.74) is 0. The maximum Gasteiger partial charge on any atom is 0.244 e. The Morgan fingerprint density at radius 3 is 2.68 bits per heavy atom. The predicted molar refractivity (Wildman–Crippen MR) is 81.0 cm³/mol. The van der Waals surface area contributed by atoms with Crippen molar-refractivity contribution in [3.63, 3.8) is 0 Å². The van der Waals surface area contributed by atoms with Crippen molar-refractivity contribution in [2.75, 3.05) is 18.4 Å². The second-order valence-corrected chi connectivity index (χ2v) is 7.88. The monoisotopic (exact) mass is 411 g/mol. The lowest BCUT2D eigenvalue weighted by Gasteiger charge is -2.35. The third kappa shape index (κ3) is 3.39. The number of nitrogens with zero attached hydrogens (tertiary/aromatic N) is 1. The number of sulfonamides is 1. The molecule has 0 spiro atoms. The molecule has 1 aromatic rings. The van der Waals surface area contributed by atoms with Gasteiger partial charge in [0.2, 0.25) is 10.0 Å². The van der Waals surface area contributed by atoms with E-state index in [1.807, 2.05) is 6.92 Å². The Balaban J connectivity index is 2.32. The Kier molecular flexibility index (Phi) is 5.05. The van der Waals surface area contributed by atoms with Crippen molar-refractivity contribution in [1.29, 1.82) is 0 Å². The molecule has 2 unspecified atom stereocenters. The van der Waals surface area contributed by atoms with Crippen LogP contribution in [-0.2, 0) is 14.8 Å². The first kappa shape index (κ1) is 15.4. The van der Waals surface area contributed by atoms with E-state index in [-0.39, 0.29) is 12.2 Å². The van der Waals surface area contributed by atoms with Crippen molar-refractivity contribution in [2.24, 2.45) is 0 Å². The van der Waals surface area contributed by atoms with Crippen LogP contribution in [0, 0.1) is 0 Å². The first-order valence-electron chi connectivity index (χ1n) is 5.91. The molecule has 7 heteroatoms. The van der Waals surface area contributed by atoms with Gasteiger partial charge >= 0.3 is 0 Å². The SMILES string of the molecule is CC1CN(S(=O)(=O)c2ccccc2Br)CC(CBr)O1. The van der Waals surface area contributed by atoms with E-state index in [0.717, 1.165) is 0 Å². The summed E-state index contributed by atoms with van der Waals surface area (Å²) >= 11 is 6.65. The summed E-state index contributed by atoms with van der Waals surface area (Å²) in [7, 11) is -3.48. The molecule has 0 N–H and O–H groups in total. The average Bonchev–Trinajstić information content (AvgIpc) is 2.38. The Morgan fingerprint density at radius 1 is 1.37 bits per heavy atom. The van der Waals surface area contributed by atoms with Crippen LogP contribution in [0.15, 0.2) is 33.6 Å². The van der Waals surface area contributed by atoms with Gasteiger partial charge in [-0.2, -0.15) is 4.31 Å². The Morgan fingerprint density at radius 2 is 2.05 bits per heavy atom. The summed E-state index contributed by atoms with van der Waals surface area (Å²) in [6, 6.07) is 6.87. The summed E-state index contributed by atoms with van der Waals surface area (Å²) in [6.45, 7) is 2.64.